The summed E-state index contributed by atoms with van der Waals surface area (Å²) < 4.78 is 7.00. The average molecular weight is 358 g/mol. The van der Waals surface area contributed by atoms with Gasteiger partial charge in [0, 0.05) is 12.2 Å². The molecule has 3 rings (SSSR count). The van der Waals surface area contributed by atoms with Crippen molar-refractivity contribution in [3.05, 3.63) is 53.5 Å². The Hall–Kier alpha value is -2.18. The van der Waals surface area contributed by atoms with Crippen molar-refractivity contribution in [1.82, 2.24) is 10.3 Å². The molecule has 6 heteroatoms. The molecule has 3 aromatic rings. The second-order valence-electron chi connectivity index (χ2n) is 5.27. The molecule has 0 bridgehead atoms. The molecule has 0 saturated carbocycles. The van der Waals surface area contributed by atoms with E-state index in [4.69, 9.17) is 17.0 Å². The average Bonchev–Trinajstić information content (AvgIpc) is 3.02. The first-order chi connectivity index (χ1) is 11.7. The van der Waals surface area contributed by atoms with E-state index in [0.29, 0.717) is 11.7 Å². The van der Waals surface area contributed by atoms with Crippen molar-refractivity contribution < 1.29 is 4.74 Å². The summed E-state index contributed by atoms with van der Waals surface area (Å²) in [5.74, 6) is 0.812. The summed E-state index contributed by atoms with van der Waals surface area (Å²) in [7, 11) is 0. The van der Waals surface area contributed by atoms with E-state index in [-0.39, 0.29) is 0 Å². The first-order valence-electron chi connectivity index (χ1n) is 7.87. The highest BCUT2D eigenvalue weighted by atomic mass is 32.1. The number of anilines is 1. The Morgan fingerprint density at radius 3 is 2.71 bits per heavy atom. The number of rotatable bonds is 6. The zero-order valence-corrected chi connectivity index (χ0v) is 15.0. The summed E-state index contributed by atoms with van der Waals surface area (Å²) in [6, 6.07) is 15.9. The largest absolute Gasteiger partial charge is 0.486 e. The van der Waals surface area contributed by atoms with Gasteiger partial charge in [-0.1, -0.05) is 19.1 Å². The highest BCUT2D eigenvalue weighted by Gasteiger charge is 2.04. The minimum atomic E-state index is 0.475. The molecule has 1 aromatic heterocycles. The van der Waals surface area contributed by atoms with Crippen LogP contribution >= 0.6 is 23.6 Å². The summed E-state index contributed by atoms with van der Waals surface area (Å²) >= 11 is 6.88. The number of thiocarbonyl (C=S) groups is 1. The van der Waals surface area contributed by atoms with Crippen molar-refractivity contribution in [2.24, 2.45) is 0 Å². The monoisotopic (exact) mass is 357 g/mol. The SMILES string of the molecule is CCCNC(=S)Nc1ccc(OCc2nc3ccccc3s2)cc1. The molecule has 0 aliphatic carbocycles. The van der Waals surface area contributed by atoms with Gasteiger partial charge in [0.2, 0.25) is 0 Å². The standard InChI is InChI=1S/C18H19N3OS2/c1-2-11-19-18(23)20-13-7-9-14(10-8-13)22-12-17-21-15-5-3-4-6-16(15)24-17/h3-10H,2,11-12H2,1H3,(H2,19,20,23). The fourth-order valence-electron chi connectivity index (χ4n) is 2.18. The Labute approximate surface area is 150 Å². The minimum absolute atomic E-state index is 0.475. The maximum absolute atomic E-state index is 5.82. The van der Waals surface area contributed by atoms with Crippen LogP contribution < -0.4 is 15.4 Å². The summed E-state index contributed by atoms with van der Waals surface area (Å²) in [5, 5.41) is 7.90. The van der Waals surface area contributed by atoms with Crippen LogP contribution in [-0.2, 0) is 6.61 Å². The van der Waals surface area contributed by atoms with Gasteiger partial charge in [-0.2, -0.15) is 0 Å². The van der Waals surface area contributed by atoms with Crippen molar-refractivity contribution in [2.75, 3.05) is 11.9 Å². The van der Waals surface area contributed by atoms with Gasteiger partial charge in [-0.3, -0.25) is 0 Å². The summed E-state index contributed by atoms with van der Waals surface area (Å²) in [5.41, 5.74) is 1.96. The molecule has 0 atom stereocenters. The normalized spacial score (nSPS) is 10.5. The van der Waals surface area contributed by atoms with Crippen molar-refractivity contribution in [1.29, 1.82) is 0 Å². The summed E-state index contributed by atoms with van der Waals surface area (Å²) in [4.78, 5) is 4.57. The Balaban J connectivity index is 1.55. The highest BCUT2D eigenvalue weighted by molar-refractivity contribution is 7.80. The van der Waals surface area contributed by atoms with Crippen LogP contribution in [0.15, 0.2) is 48.5 Å². The van der Waals surface area contributed by atoms with Crippen LogP contribution in [0.25, 0.3) is 10.2 Å². The Kier molecular flexibility index (Phi) is 5.61. The van der Waals surface area contributed by atoms with Crippen LogP contribution in [0.4, 0.5) is 5.69 Å². The first kappa shape index (κ1) is 16.7. The van der Waals surface area contributed by atoms with Crippen molar-refractivity contribution >= 4 is 44.6 Å². The predicted octanol–water partition coefficient (Wildman–Crippen LogP) is 4.57. The lowest BCUT2D eigenvalue weighted by Crippen LogP contribution is -2.28. The number of thiazole rings is 1. The lowest BCUT2D eigenvalue weighted by molar-refractivity contribution is 0.306. The van der Waals surface area contributed by atoms with Crippen LogP contribution in [0.2, 0.25) is 0 Å². The maximum atomic E-state index is 5.82. The molecule has 0 spiro atoms. The van der Waals surface area contributed by atoms with E-state index < -0.39 is 0 Å². The predicted molar refractivity (Wildman–Crippen MR) is 105 cm³/mol. The molecule has 124 valence electrons. The summed E-state index contributed by atoms with van der Waals surface area (Å²) in [6.07, 6.45) is 1.04. The van der Waals surface area contributed by atoms with E-state index in [1.165, 1.54) is 4.70 Å². The molecule has 24 heavy (non-hydrogen) atoms. The Morgan fingerprint density at radius 1 is 1.17 bits per heavy atom. The van der Waals surface area contributed by atoms with Crippen molar-refractivity contribution in [3.63, 3.8) is 0 Å². The Bertz CT molecular complexity index is 782. The van der Waals surface area contributed by atoms with Gasteiger partial charge in [0.05, 0.1) is 10.2 Å². The summed E-state index contributed by atoms with van der Waals surface area (Å²) in [6.45, 7) is 3.45. The van der Waals surface area contributed by atoms with Gasteiger partial charge in [-0.15, -0.1) is 11.3 Å². The van der Waals surface area contributed by atoms with E-state index >= 15 is 0 Å². The third-order valence-corrected chi connectivity index (χ3v) is 4.60. The van der Waals surface area contributed by atoms with Crippen LogP contribution in [-0.4, -0.2) is 16.6 Å². The third kappa shape index (κ3) is 4.43. The number of hydrogen-bond acceptors (Lipinski definition) is 4. The molecular weight excluding hydrogens is 338 g/mol. The molecule has 0 aliphatic rings. The molecule has 0 amide bonds. The lowest BCUT2D eigenvalue weighted by atomic mass is 10.3. The molecule has 0 fully saturated rings. The third-order valence-electron chi connectivity index (χ3n) is 3.35. The molecular formula is C18H19N3OS2. The number of fused-ring (bicyclic) bond motifs is 1. The number of benzene rings is 2. The molecule has 4 nitrogen and oxygen atoms in total. The smallest absolute Gasteiger partial charge is 0.170 e. The van der Waals surface area contributed by atoms with E-state index in [9.17, 15) is 0 Å². The molecule has 2 N–H and O–H groups in total. The molecule has 0 radical (unpaired) electrons. The van der Waals surface area contributed by atoms with E-state index in [1.807, 2.05) is 42.5 Å². The second-order valence-corrected chi connectivity index (χ2v) is 6.79. The number of nitrogens with zero attached hydrogens (tertiary/aromatic N) is 1. The number of nitrogens with one attached hydrogen (secondary N) is 2. The van der Waals surface area contributed by atoms with E-state index in [2.05, 4.69) is 28.6 Å². The molecule has 0 saturated heterocycles. The molecule has 0 unspecified atom stereocenters. The van der Waals surface area contributed by atoms with Crippen LogP contribution in [0, 0.1) is 0 Å². The topological polar surface area (TPSA) is 46.2 Å². The van der Waals surface area contributed by atoms with E-state index in [0.717, 1.165) is 34.9 Å². The minimum Gasteiger partial charge on any atom is -0.486 e. The molecule has 2 aromatic carbocycles. The van der Waals surface area contributed by atoms with Crippen LogP contribution in [0.1, 0.15) is 18.4 Å². The number of hydrogen-bond donors (Lipinski definition) is 2. The van der Waals surface area contributed by atoms with Gasteiger partial charge in [-0.05, 0) is 55.0 Å². The van der Waals surface area contributed by atoms with Gasteiger partial charge in [-0.25, -0.2) is 4.98 Å². The van der Waals surface area contributed by atoms with Crippen molar-refractivity contribution in [2.45, 2.75) is 20.0 Å². The molecule has 1 heterocycles. The fraction of sp³-hybridized carbons (Fsp3) is 0.222. The van der Waals surface area contributed by atoms with Gasteiger partial charge in [0.15, 0.2) is 5.11 Å². The van der Waals surface area contributed by atoms with Crippen LogP contribution in [0.5, 0.6) is 5.75 Å². The zero-order chi connectivity index (χ0) is 16.8. The quantitative estimate of drug-likeness (QED) is 0.633. The van der Waals surface area contributed by atoms with E-state index in [1.54, 1.807) is 11.3 Å². The highest BCUT2D eigenvalue weighted by Crippen LogP contribution is 2.23. The van der Waals surface area contributed by atoms with Gasteiger partial charge in [0.1, 0.15) is 17.4 Å². The number of aromatic nitrogens is 1. The molecule has 0 aliphatic heterocycles. The van der Waals surface area contributed by atoms with Crippen molar-refractivity contribution in [3.8, 4) is 5.75 Å². The zero-order valence-electron chi connectivity index (χ0n) is 13.4. The second kappa shape index (κ2) is 8.08. The lowest BCUT2D eigenvalue weighted by Gasteiger charge is -2.10. The van der Waals surface area contributed by atoms with Gasteiger partial charge in [0.25, 0.3) is 0 Å². The fourth-order valence-corrected chi connectivity index (χ4v) is 3.28. The maximum Gasteiger partial charge on any atom is 0.170 e. The first-order valence-corrected chi connectivity index (χ1v) is 9.09. The number of para-hydroxylation sites is 1. The Morgan fingerprint density at radius 2 is 1.96 bits per heavy atom. The van der Waals surface area contributed by atoms with Crippen LogP contribution in [0.3, 0.4) is 0 Å². The van der Waals surface area contributed by atoms with Gasteiger partial charge < -0.3 is 15.4 Å². The van der Waals surface area contributed by atoms with Gasteiger partial charge >= 0.3 is 0 Å². The number of ether oxygens (including phenoxy) is 1.